The van der Waals surface area contributed by atoms with Gasteiger partial charge in [0.05, 0.1) is 5.60 Å². The maximum Gasteiger partial charge on any atom is 0.0736 e. The molecule has 0 radical (unpaired) electrons. The summed E-state index contributed by atoms with van der Waals surface area (Å²) in [6, 6.07) is 0. The molecule has 1 N–H and O–H groups in total. The molecule has 0 aromatic heterocycles. The Labute approximate surface area is 122 Å². The summed E-state index contributed by atoms with van der Waals surface area (Å²) >= 11 is 0. The highest BCUT2D eigenvalue weighted by atomic mass is 16.5. The van der Waals surface area contributed by atoms with Gasteiger partial charge >= 0.3 is 0 Å². The van der Waals surface area contributed by atoms with Crippen molar-refractivity contribution in [1.29, 1.82) is 0 Å². The minimum Gasteiger partial charge on any atom is -0.381 e. The fourth-order valence-electron chi connectivity index (χ4n) is 3.98. The lowest BCUT2D eigenvalue weighted by Gasteiger charge is -2.38. The number of rotatable bonds is 5. The molecule has 0 saturated carbocycles. The topological polar surface area (TPSA) is 39.7 Å². The molecule has 0 aliphatic carbocycles. The summed E-state index contributed by atoms with van der Waals surface area (Å²) in [5.74, 6) is 1.43. The van der Waals surface area contributed by atoms with Crippen molar-refractivity contribution in [3.05, 3.63) is 0 Å². The van der Waals surface area contributed by atoms with Gasteiger partial charge in [-0.3, -0.25) is 0 Å². The molecule has 0 unspecified atom stereocenters. The quantitative estimate of drug-likeness (QED) is 0.783. The number of nitrogens with one attached hydrogen (secondary N) is 1. The summed E-state index contributed by atoms with van der Waals surface area (Å²) in [5, 5.41) is 3.44. The van der Waals surface area contributed by atoms with Crippen LogP contribution in [-0.4, -0.2) is 51.7 Å². The van der Waals surface area contributed by atoms with Gasteiger partial charge in [-0.15, -0.1) is 0 Å². The van der Waals surface area contributed by atoms with Crippen LogP contribution in [0.15, 0.2) is 0 Å². The second-order valence-corrected chi connectivity index (χ2v) is 6.57. The lowest BCUT2D eigenvalue weighted by Crippen LogP contribution is -2.46. The van der Waals surface area contributed by atoms with E-state index in [2.05, 4.69) is 5.32 Å². The van der Waals surface area contributed by atoms with E-state index < -0.39 is 0 Å². The van der Waals surface area contributed by atoms with Crippen LogP contribution in [0, 0.1) is 11.8 Å². The Hall–Kier alpha value is -0.160. The first-order valence-electron chi connectivity index (χ1n) is 8.39. The first kappa shape index (κ1) is 14.8. The van der Waals surface area contributed by atoms with Crippen molar-refractivity contribution in [1.82, 2.24) is 5.32 Å². The Balaban J connectivity index is 1.37. The van der Waals surface area contributed by atoms with E-state index in [-0.39, 0.29) is 5.60 Å². The van der Waals surface area contributed by atoms with Gasteiger partial charge in [0, 0.05) is 33.0 Å². The van der Waals surface area contributed by atoms with Crippen molar-refractivity contribution >= 4 is 0 Å². The van der Waals surface area contributed by atoms with Gasteiger partial charge < -0.3 is 19.5 Å². The van der Waals surface area contributed by atoms with Crippen LogP contribution in [-0.2, 0) is 14.2 Å². The van der Waals surface area contributed by atoms with Gasteiger partial charge in [0.2, 0.25) is 0 Å². The van der Waals surface area contributed by atoms with Crippen molar-refractivity contribution in [3.63, 3.8) is 0 Å². The highest BCUT2D eigenvalue weighted by molar-refractivity contribution is 4.95. The van der Waals surface area contributed by atoms with E-state index in [0.29, 0.717) is 5.92 Å². The zero-order valence-electron chi connectivity index (χ0n) is 12.6. The molecular formula is C16H29NO3. The predicted molar refractivity (Wildman–Crippen MR) is 77.9 cm³/mol. The second kappa shape index (κ2) is 7.21. The Kier molecular flexibility index (Phi) is 5.32. The van der Waals surface area contributed by atoms with Crippen molar-refractivity contribution in [2.24, 2.45) is 11.8 Å². The lowest BCUT2D eigenvalue weighted by atomic mass is 9.78. The predicted octanol–water partition coefficient (Wildman–Crippen LogP) is 1.98. The third-order valence-electron chi connectivity index (χ3n) is 5.35. The van der Waals surface area contributed by atoms with E-state index in [0.717, 1.165) is 52.0 Å². The molecule has 116 valence electrons. The van der Waals surface area contributed by atoms with E-state index in [9.17, 15) is 0 Å². The third-order valence-corrected chi connectivity index (χ3v) is 5.35. The van der Waals surface area contributed by atoms with E-state index in [1.165, 1.54) is 38.5 Å². The summed E-state index contributed by atoms with van der Waals surface area (Å²) in [6.45, 7) is 6.83. The minimum absolute atomic E-state index is 0.174. The molecule has 3 saturated heterocycles. The normalized spacial score (nSPS) is 30.9. The van der Waals surface area contributed by atoms with Crippen LogP contribution in [0.3, 0.4) is 0 Å². The molecule has 0 aromatic rings. The summed E-state index contributed by atoms with van der Waals surface area (Å²) in [4.78, 5) is 0. The summed E-state index contributed by atoms with van der Waals surface area (Å²) in [5.41, 5.74) is 0.174. The van der Waals surface area contributed by atoms with Gasteiger partial charge in [0.1, 0.15) is 0 Å². The molecular weight excluding hydrogens is 254 g/mol. The van der Waals surface area contributed by atoms with Gasteiger partial charge in [0.15, 0.2) is 0 Å². The van der Waals surface area contributed by atoms with Crippen LogP contribution in [0.2, 0.25) is 0 Å². The first-order valence-corrected chi connectivity index (χ1v) is 8.39. The number of piperidine rings is 1. The van der Waals surface area contributed by atoms with Crippen molar-refractivity contribution in [2.45, 2.75) is 44.1 Å². The average Bonchev–Trinajstić information content (AvgIpc) is 2.88. The molecule has 3 fully saturated rings. The van der Waals surface area contributed by atoms with E-state index in [1.54, 1.807) is 0 Å². The largest absolute Gasteiger partial charge is 0.381 e. The van der Waals surface area contributed by atoms with E-state index in [4.69, 9.17) is 14.2 Å². The molecule has 3 rings (SSSR count). The monoisotopic (exact) mass is 283 g/mol. The Morgan fingerprint density at radius 1 is 1.05 bits per heavy atom. The van der Waals surface area contributed by atoms with Gasteiger partial charge in [-0.25, -0.2) is 0 Å². The van der Waals surface area contributed by atoms with Gasteiger partial charge in [-0.05, 0) is 63.5 Å². The molecule has 0 aromatic carbocycles. The first-order chi connectivity index (χ1) is 9.89. The molecule has 1 spiro atoms. The molecule has 1 atom stereocenters. The molecule has 3 heterocycles. The molecule has 0 bridgehead atoms. The highest BCUT2D eigenvalue weighted by Gasteiger charge is 2.44. The Morgan fingerprint density at radius 2 is 1.85 bits per heavy atom. The zero-order chi connectivity index (χ0) is 13.7. The van der Waals surface area contributed by atoms with Gasteiger partial charge in [0.25, 0.3) is 0 Å². The summed E-state index contributed by atoms with van der Waals surface area (Å²) < 4.78 is 17.5. The maximum absolute atomic E-state index is 6.13. The number of hydrogen-bond acceptors (Lipinski definition) is 4. The Bertz CT molecular complexity index is 285. The number of hydrogen-bond donors (Lipinski definition) is 1. The van der Waals surface area contributed by atoms with Crippen LogP contribution in [0.1, 0.15) is 38.5 Å². The van der Waals surface area contributed by atoms with E-state index >= 15 is 0 Å². The van der Waals surface area contributed by atoms with Crippen molar-refractivity contribution in [3.8, 4) is 0 Å². The SMILES string of the molecule is C1CC2(CCN1)OCC[C@@H]2CCOCC1CCOCC1. The molecule has 3 aliphatic heterocycles. The molecule has 4 heteroatoms. The van der Waals surface area contributed by atoms with Crippen LogP contribution >= 0.6 is 0 Å². The highest BCUT2D eigenvalue weighted by Crippen LogP contribution is 2.40. The van der Waals surface area contributed by atoms with Crippen LogP contribution in [0.5, 0.6) is 0 Å². The van der Waals surface area contributed by atoms with Crippen molar-refractivity contribution < 1.29 is 14.2 Å². The van der Waals surface area contributed by atoms with Crippen LogP contribution in [0.4, 0.5) is 0 Å². The molecule has 4 nitrogen and oxygen atoms in total. The number of ether oxygens (including phenoxy) is 3. The third kappa shape index (κ3) is 3.53. The molecule has 0 amide bonds. The van der Waals surface area contributed by atoms with Crippen molar-refractivity contribution in [2.75, 3.05) is 46.1 Å². The second-order valence-electron chi connectivity index (χ2n) is 6.57. The fourth-order valence-corrected chi connectivity index (χ4v) is 3.98. The van der Waals surface area contributed by atoms with Crippen LogP contribution in [0.25, 0.3) is 0 Å². The molecule has 3 aliphatic rings. The van der Waals surface area contributed by atoms with Gasteiger partial charge in [-0.2, -0.15) is 0 Å². The zero-order valence-corrected chi connectivity index (χ0v) is 12.6. The summed E-state index contributed by atoms with van der Waals surface area (Å²) in [6.07, 6.45) is 7.09. The minimum atomic E-state index is 0.174. The van der Waals surface area contributed by atoms with Crippen LogP contribution < -0.4 is 5.32 Å². The lowest BCUT2D eigenvalue weighted by molar-refractivity contribution is -0.0531. The van der Waals surface area contributed by atoms with E-state index in [1.807, 2.05) is 0 Å². The average molecular weight is 283 g/mol. The maximum atomic E-state index is 6.13. The summed E-state index contributed by atoms with van der Waals surface area (Å²) in [7, 11) is 0. The van der Waals surface area contributed by atoms with Gasteiger partial charge in [-0.1, -0.05) is 0 Å². The fraction of sp³-hybridized carbons (Fsp3) is 1.00. The molecule has 20 heavy (non-hydrogen) atoms. The smallest absolute Gasteiger partial charge is 0.0736 e. The Morgan fingerprint density at radius 3 is 2.65 bits per heavy atom. The standard InChI is InChI=1S/C16H29NO3/c1-9-18-10-2-14(1)13-19-11-3-15-4-12-20-16(15)5-7-17-8-6-16/h14-15,17H,1-13H2/t15-/m0/s1.